The third-order valence-electron chi connectivity index (χ3n) is 2.57. The minimum Gasteiger partial charge on any atom is -0.206 e. The van der Waals surface area contributed by atoms with E-state index >= 15 is 0 Å². The Morgan fingerprint density at radius 1 is 0.850 bits per heavy atom. The zero-order valence-electron chi connectivity index (χ0n) is 10.2. The summed E-state index contributed by atoms with van der Waals surface area (Å²) in [4.78, 5) is 0. The summed E-state index contributed by atoms with van der Waals surface area (Å²) in [6.07, 6.45) is 0. The molecule has 5 heteroatoms. The normalized spacial score (nSPS) is 10.1. The Labute approximate surface area is 121 Å². The lowest BCUT2D eigenvalue weighted by Crippen LogP contribution is -1.92. The van der Waals surface area contributed by atoms with Crippen LogP contribution in [0.25, 0.3) is 0 Å². The number of hydrogen-bond acceptors (Lipinski definition) is 0. The van der Waals surface area contributed by atoms with Gasteiger partial charge in [-0.1, -0.05) is 27.8 Å². The topological polar surface area (TPSA) is 0 Å². The lowest BCUT2D eigenvalue weighted by molar-refractivity contribution is 0.446. The van der Waals surface area contributed by atoms with Crippen molar-refractivity contribution in [3.63, 3.8) is 0 Å². The van der Waals surface area contributed by atoms with Crippen molar-refractivity contribution in [2.45, 2.75) is 6.92 Å². The Morgan fingerprint density at radius 2 is 1.45 bits per heavy atom. The highest BCUT2D eigenvalue weighted by Gasteiger charge is 2.09. The van der Waals surface area contributed by atoms with Gasteiger partial charge in [-0.05, 0) is 36.8 Å². The van der Waals surface area contributed by atoms with Crippen LogP contribution >= 0.6 is 15.9 Å². The van der Waals surface area contributed by atoms with Gasteiger partial charge in [-0.2, -0.15) is 0 Å². The predicted molar refractivity (Wildman–Crippen MR) is 71.1 cm³/mol. The molecule has 0 saturated heterocycles. The predicted octanol–water partition coefficient (Wildman–Crippen LogP) is 4.71. The summed E-state index contributed by atoms with van der Waals surface area (Å²) in [5.41, 5.74) is 0.633. The molecule has 0 fully saturated rings. The van der Waals surface area contributed by atoms with Crippen molar-refractivity contribution in [3.8, 4) is 11.8 Å². The van der Waals surface area contributed by atoms with Crippen LogP contribution in [0.5, 0.6) is 0 Å². The molecular weight excluding hydrogens is 336 g/mol. The van der Waals surface area contributed by atoms with Gasteiger partial charge in [0.1, 0.15) is 5.82 Å². The van der Waals surface area contributed by atoms with Gasteiger partial charge in [0.15, 0.2) is 17.5 Å². The smallest absolute Gasteiger partial charge is 0.194 e. The molecule has 0 bridgehead atoms. The van der Waals surface area contributed by atoms with Gasteiger partial charge in [0, 0.05) is 10.0 Å². The fraction of sp³-hybridized carbons (Fsp3) is 0.0667. The molecule has 0 aromatic heterocycles. The van der Waals surface area contributed by atoms with Crippen molar-refractivity contribution in [2.75, 3.05) is 0 Å². The first kappa shape index (κ1) is 14.6. The molecule has 0 N–H and O–H groups in total. The third kappa shape index (κ3) is 3.02. The van der Waals surface area contributed by atoms with Crippen molar-refractivity contribution < 1.29 is 17.6 Å². The molecule has 0 radical (unpaired) electrons. The van der Waals surface area contributed by atoms with E-state index in [2.05, 4.69) is 27.8 Å². The van der Waals surface area contributed by atoms with Crippen LogP contribution in [0, 0.1) is 42.0 Å². The maximum absolute atomic E-state index is 13.7. The average Bonchev–Trinajstić information content (AvgIpc) is 2.34. The summed E-state index contributed by atoms with van der Waals surface area (Å²) in [5.74, 6) is 0.151. The number of halogens is 5. The van der Waals surface area contributed by atoms with Gasteiger partial charge < -0.3 is 0 Å². The van der Waals surface area contributed by atoms with Crippen LogP contribution in [-0.4, -0.2) is 0 Å². The standard InChI is InChI=1S/C15H7BrF4/c1-8-4-10(16)7-12(17)11(8)3-2-9-5-13(18)15(20)14(19)6-9/h4-7H,1H3. The molecular formula is C15H7BrF4. The lowest BCUT2D eigenvalue weighted by atomic mass is 10.1. The number of benzene rings is 2. The van der Waals surface area contributed by atoms with Crippen LogP contribution in [0.1, 0.15) is 16.7 Å². The maximum Gasteiger partial charge on any atom is 0.194 e. The van der Waals surface area contributed by atoms with Crippen molar-refractivity contribution >= 4 is 15.9 Å². The molecule has 0 nitrogen and oxygen atoms in total. The van der Waals surface area contributed by atoms with Crippen molar-refractivity contribution in [3.05, 3.63) is 68.7 Å². The Balaban J connectivity index is 2.47. The lowest BCUT2D eigenvalue weighted by Gasteiger charge is -2.01. The van der Waals surface area contributed by atoms with Crippen molar-refractivity contribution in [2.24, 2.45) is 0 Å². The van der Waals surface area contributed by atoms with E-state index in [1.165, 1.54) is 6.07 Å². The Hall–Kier alpha value is -1.80. The van der Waals surface area contributed by atoms with E-state index < -0.39 is 23.3 Å². The summed E-state index contributed by atoms with van der Waals surface area (Å²) in [5, 5.41) is 0. The molecule has 2 rings (SSSR count). The zero-order valence-corrected chi connectivity index (χ0v) is 11.8. The molecule has 2 aromatic carbocycles. The average molecular weight is 343 g/mol. The summed E-state index contributed by atoms with van der Waals surface area (Å²) in [6, 6.07) is 4.43. The molecule has 0 heterocycles. The fourth-order valence-electron chi connectivity index (χ4n) is 1.62. The second kappa shape index (κ2) is 5.68. The van der Waals surface area contributed by atoms with Gasteiger partial charge in [-0.15, -0.1) is 0 Å². The highest BCUT2D eigenvalue weighted by molar-refractivity contribution is 9.10. The van der Waals surface area contributed by atoms with E-state index in [-0.39, 0.29) is 11.1 Å². The Bertz CT molecular complexity index is 695. The van der Waals surface area contributed by atoms with E-state index in [9.17, 15) is 17.6 Å². The quantitative estimate of drug-likeness (QED) is 0.369. The molecule has 0 aliphatic rings. The van der Waals surface area contributed by atoms with Gasteiger partial charge in [0.05, 0.1) is 5.56 Å². The first-order valence-corrected chi connectivity index (χ1v) is 6.30. The molecule has 20 heavy (non-hydrogen) atoms. The SMILES string of the molecule is Cc1cc(Br)cc(F)c1C#Cc1cc(F)c(F)c(F)c1. The van der Waals surface area contributed by atoms with E-state index in [1.807, 2.05) is 0 Å². The molecule has 102 valence electrons. The number of rotatable bonds is 0. The molecule has 0 aliphatic carbocycles. The summed E-state index contributed by atoms with van der Waals surface area (Å²) < 4.78 is 53.1. The molecule has 0 unspecified atom stereocenters. The van der Waals surface area contributed by atoms with Crippen molar-refractivity contribution in [1.82, 2.24) is 0 Å². The largest absolute Gasteiger partial charge is 0.206 e. The monoisotopic (exact) mass is 342 g/mol. The van der Waals surface area contributed by atoms with Crippen LogP contribution in [-0.2, 0) is 0 Å². The van der Waals surface area contributed by atoms with Gasteiger partial charge >= 0.3 is 0 Å². The first-order valence-electron chi connectivity index (χ1n) is 5.50. The van der Waals surface area contributed by atoms with E-state index in [4.69, 9.17) is 0 Å². The highest BCUT2D eigenvalue weighted by atomic mass is 79.9. The summed E-state index contributed by atoms with van der Waals surface area (Å²) >= 11 is 3.14. The van der Waals surface area contributed by atoms with Crippen molar-refractivity contribution in [1.29, 1.82) is 0 Å². The third-order valence-corrected chi connectivity index (χ3v) is 3.03. The second-order valence-electron chi connectivity index (χ2n) is 4.08. The van der Waals surface area contributed by atoms with Crippen LogP contribution in [0.2, 0.25) is 0 Å². The maximum atomic E-state index is 13.7. The van der Waals surface area contributed by atoms with Crippen LogP contribution in [0.4, 0.5) is 17.6 Å². The Kier molecular flexibility index (Phi) is 4.15. The molecule has 0 aliphatic heterocycles. The van der Waals surface area contributed by atoms with E-state index in [0.717, 1.165) is 12.1 Å². The van der Waals surface area contributed by atoms with Crippen LogP contribution < -0.4 is 0 Å². The minimum absolute atomic E-state index is 0.0666. The molecule has 0 amide bonds. The van der Waals surface area contributed by atoms with Gasteiger partial charge in [0.25, 0.3) is 0 Å². The zero-order chi connectivity index (χ0) is 14.9. The fourth-order valence-corrected chi connectivity index (χ4v) is 2.17. The molecule has 0 saturated carbocycles. The van der Waals surface area contributed by atoms with E-state index in [0.29, 0.717) is 10.0 Å². The highest BCUT2D eigenvalue weighted by Crippen LogP contribution is 2.19. The Morgan fingerprint density at radius 3 is 2.00 bits per heavy atom. The second-order valence-corrected chi connectivity index (χ2v) is 5.00. The van der Waals surface area contributed by atoms with Gasteiger partial charge in [-0.3, -0.25) is 0 Å². The summed E-state index contributed by atoms with van der Waals surface area (Å²) in [7, 11) is 0. The molecule has 2 aromatic rings. The first-order chi connectivity index (χ1) is 9.38. The van der Waals surface area contributed by atoms with Gasteiger partial charge in [0.2, 0.25) is 0 Å². The van der Waals surface area contributed by atoms with E-state index in [1.54, 1.807) is 13.0 Å². The summed E-state index contributed by atoms with van der Waals surface area (Å²) in [6.45, 7) is 1.66. The van der Waals surface area contributed by atoms with Gasteiger partial charge in [-0.25, -0.2) is 17.6 Å². The number of aryl methyl sites for hydroxylation is 1. The molecule has 0 atom stereocenters. The number of hydrogen-bond donors (Lipinski definition) is 0. The van der Waals surface area contributed by atoms with Crippen LogP contribution in [0.3, 0.4) is 0 Å². The molecule has 0 spiro atoms. The van der Waals surface area contributed by atoms with Crippen LogP contribution in [0.15, 0.2) is 28.7 Å². The minimum atomic E-state index is -1.55.